The SMILES string of the molecule is NC(=O)C1(CCc2ccc(Br)cc2)CCN(S(=O)(=O)c2ccccc2)CC1. The van der Waals surface area contributed by atoms with Gasteiger partial charge in [0.05, 0.1) is 10.3 Å². The van der Waals surface area contributed by atoms with Gasteiger partial charge in [0.25, 0.3) is 0 Å². The molecule has 5 nitrogen and oxygen atoms in total. The van der Waals surface area contributed by atoms with Gasteiger partial charge in [0.1, 0.15) is 0 Å². The number of carbonyl (C=O) groups excluding carboxylic acids is 1. The summed E-state index contributed by atoms with van der Waals surface area (Å²) in [6, 6.07) is 16.4. The number of aryl methyl sites for hydroxylation is 1. The summed E-state index contributed by atoms with van der Waals surface area (Å²) >= 11 is 3.41. The quantitative estimate of drug-likeness (QED) is 0.732. The number of primary amides is 1. The highest BCUT2D eigenvalue weighted by molar-refractivity contribution is 9.10. The van der Waals surface area contributed by atoms with Gasteiger partial charge in [-0.3, -0.25) is 4.79 Å². The van der Waals surface area contributed by atoms with Crippen molar-refractivity contribution in [1.82, 2.24) is 4.31 Å². The monoisotopic (exact) mass is 450 g/mol. The lowest BCUT2D eigenvalue weighted by molar-refractivity contribution is -0.130. The lowest BCUT2D eigenvalue weighted by Gasteiger charge is -2.39. The maximum absolute atomic E-state index is 12.8. The highest BCUT2D eigenvalue weighted by atomic mass is 79.9. The van der Waals surface area contributed by atoms with Crippen LogP contribution in [0.3, 0.4) is 0 Å². The zero-order valence-corrected chi connectivity index (χ0v) is 17.4. The number of amides is 1. The van der Waals surface area contributed by atoms with Crippen LogP contribution < -0.4 is 5.73 Å². The molecule has 0 bridgehead atoms. The van der Waals surface area contributed by atoms with E-state index < -0.39 is 15.4 Å². The molecular weight excluding hydrogens is 428 g/mol. The Labute approximate surface area is 168 Å². The summed E-state index contributed by atoms with van der Waals surface area (Å²) in [7, 11) is -3.53. The lowest BCUT2D eigenvalue weighted by Crippen LogP contribution is -2.49. The summed E-state index contributed by atoms with van der Waals surface area (Å²) in [4.78, 5) is 12.5. The van der Waals surface area contributed by atoms with Crippen LogP contribution in [0.5, 0.6) is 0 Å². The van der Waals surface area contributed by atoms with Crippen molar-refractivity contribution >= 4 is 31.9 Å². The standard InChI is InChI=1S/C20H23BrN2O3S/c21-17-8-6-16(7-9-17)10-11-20(19(22)24)12-14-23(15-13-20)27(25,26)18-4-2-1-3-5-18/h1-9H,10-15H2,(H2,22,24). The molecule has 2 aromatic carbocycles. The number of nitrogens with zero attached hydrogens (tertiary/aromatic N) is 1. The van der Waals surface area contributed by atoms with Gasteiger partial charge in [-0.2, -0.15) is 4.31 Å². The van der Waals surface area contributed by atoms with E-state index in [-0.39, 0.29) is 10.8 Å². The van der Waals surface area contributed by atoms with Crippen LogP contribution in [-0.4, -0.2) is 31.7 Å². The van der Waals surface area contributed by atoms with Gasteiger partial charge in [0.2, 0.25) is 15.9 Å². The molecule has 0 aliphatic carbocycles. The predicted octanol–water partition coefficient (Wildman–Crippen LogP) is 3.34. The highest BCUT2D eigenvalue weighted by Gasteiger charge is 2.42. The molecular formula is C20H23BrN2O3S. The van der Waals surface area contributed by atoms with Crippen LogP contribution in [0.25, 0.3) is 0 Å². The van der Waals surface area contributed by atoms with Crippen molar-refractivity contribution in [3.8, 4) is 0 Å². The first kappa shape index (κ1) is 20.0. The first-order valence-corrected chi connectivity index (χ1v) is 11.2. The largest absolute Gasteiger partial charge is 0.369 e. The topological polar surface area (TPSA) is 80.5 Å². The predicted molar refractivity (Wildman–Crippen MR) is 109 cm³/mol. The molecule has 2 aromatic rings. The zero-order valence-electron chi connectivity index (χ0n) is 15.0. The minimum Gasteiger partial charge on any atom is -0.369 e. The third kappa shape index (κ3) is 4.42. The molecule has 0 aromatic heterocycles. The van der Waals surface area contributed by atoms with E-state index in [1.165, 1.54) is 4.31 Å². The second kappa shape index (κ2) is 8.12. The number of hydrogen-bond acceptors (Lipinski definition) is 3. The fourth-order valence-corrected chi connectivity index (χ4v) is 5.28. The van der Waals surface area contributed by atoms with Crippen molar-refractivity contribution in [3.05, 3.63) is 64.6 Å². The Bertz CT molecular complexity index is 891. The molecule has 0 radical (unpaired) electrons. The molecule has 2 N–H and O–H groups in total. The Morgan fingerprint density at radius 1 is 1.04 bits per heavy atom. The number of nitrogens with two attached hydrogens (primary N) is 1. The third-order valence-electron chi connectivity index (χ3n) is 5.39. The molecule has 7 heteroatoms. The molecule has 3 rings (SSSR count). The first-order chi connectivity index (χ1) is 12.8. The fourth-order valence-electron chi connectivity index (χ4n) is 3.55. The van der Waals surface area contributed by atoms with Crippen molar-refractivity contribution in [1.29, 1.82) is 0 Å². The summed E-state index contributed by atoms with van der Waals surface area (Å²) in [6.45, 7) is 0.612. The van der Waals surface area contributed by atoms with Crippen LogP contribution >= 0.6 is 15.9 Å². The molecule has 1 aliphatic rings. The molecule has 0 saturated carbocycles. The van der Waals surface area contributed by atoms with E-state index in [1.807, 2.05) is 24.3 Å². The van der Waals surface area contributed by atoms with Gasteiger partial charge in [-0.15, -0.1) is 0 Å². The smallest absolute Gasteiger partial charge is 0.243 e. The van der Waals surface area contributed by atoms with Crippen molar-refractivity contribution < 1.29 is 13.2 Å². The van der Waals surface area contributed by atoms with Gasteiger partial charge in [-0.05, 0) is 55.5 Å². The summed E-state index contributed by atoms with van der Waals surface area (Å²) in [5, 5.41) is 0. The molecule has 1 saturated heterocycles. The minimum absolute atomic E-state index is 0.284. The van der Waals surface area contributed by atoms with Crippen LogP contribution in [0.4, 0.5) is 0 Å². The Hall–Kier alpha value is -1.70. The molecule has 0 spiro atoms. The van der Waals surface area contributed by atoms with E-state index in [0.717, 1.165) is 16.5 Å². The third-order valence-corrected chi connectivity index (χ3v) is 7.83. The minimum atomic E-state index is -3.53. The first-order valence-electron chi connectivity index (χ1n) is 8.93. The molecule has 1 aliphatic heterocycles. The maximum Gasteiger partial charge on any atom is 0.243 e. The fraction of sp³-hybridized carbons (Fsp3) is 0.350. The molecule has 1 fully saturated rings. The number of piperidine rings is 1. The van der Waals surface area contributed by atoms with E-state index in [0.29, 0.717) is 32.4 Å². The van der Waals surface area contributed by atoms with E-state index >= 15 is 0 Å². The van der Waals surface area contributed by atoms with E-state index in [2.05, 4.69) is 15.9 Å². The van der Waals surface area contributed by atoms with Crippen LogP contribution in [0.1, 0.15) is 24.8 Å². The van der Waals surface area contributed by atoms with Crippen LogP contribution in [0.2, 0.25) is 0 Å². The van der Waals surface area contributed by atoms with Crippen molar-refractivity contribution in [3.63, 3.8) is 0 Å². The number of hydrogen-bond donors (Lipinski definition) is 1. The Kier molecular flexibility index (Phi) is 6.03. The maximum atomic E-state index is 12.8. The molecule has 1 amide bonds. The Balaban J connectivity index is 1.70. The van der Waals surface area contributed by atoms with E-state index in [1.54, 1.807) is 30.3 Å². The average molecular weight is 451 g/mol. The number of rotatable bonds is 6. The zero-order chi connectivity index (χ0) is 19.5. The number of halogens is 1. The van der Waals surface area contributed by atoms with Crippen molar-refractivity contribution in [2.45, 2.75) is 30.6 Å². The van der Waals surface area contributed by atoms with Crippen molar-refractivity contribution in [2.24, 2.45) is 11.1 Å². The summed E-state index contributed by atoms with van der Waals surface area (Å²) in [5.74, 6) is -0.337. The van der Waals surface area contributed by atoms with Gasteiger partial charge < -0.3 is 5.73 Å². The summed E-state index contributed by atoms with van der Waals surface area (Å²) in [6.07, 6.45) is 2.26. The highest BCUT2D eigenvalue weighted by Crippen LogP contribution is 2.37. The van der Waals surface area contributed by atoms with Gasteiger partial charge in [-0.25, -0.2) is 8.42 Å². The van der Waals surface area contributed by atoms with E-state index in [9.17, 15) is 13.2 Å². The van der Waals surface area contributed by atoms with Crippen molar-refractivity contribution in [2.75, 3.05) is 13.1 Å². The Morgan fingerprint density at radius 2 is 1.63 bits per heavy atom. The second-order valence-corrected chi connectivity index (χ2v) is 9.84. The van der Waals surface area contributed by atoms with Gasteiger partial charge >= 0.3 is 0 Å². The normalized spacial score (nSPS) is 17.5. The number of benzene rings is 2. The molecule has 144 valence electrons. The number of carbonyl (C=O) groups is 1. The van der Waals surface area contributed by atoms with E-state index in [4.69, 9.17) is 5.73 Å². The lowest BCUT2D eigenvalue weighted by atomic mass is 9.74. The van der Waals surface area contributed by atoms with Crippen LogP contribution in [0.15, 0.2) is 64.0 Å². The number of sulfonamides is 1. The van der Waals surface area contributed by atoms with Gasteiger partial charge in [0, 0.05) is 17.6 Å². The van der Waals surface area contributed by atoms with Crippen LogP contribution in [0, 0.1) is 5.41 Å². The average Bonchev–Trinajstić information content (AvgIpc) is 2.68. The van der Waals surface area contributed by atoms with Crippen LogP contribution in [-0.2, 0) is 21.2 Å². The van der Waals surface area contributed by atoms with Gasteiger partial charge in [0.15, 0.2) is 0 Å². The second-order valence-electron chi connectivity index (χ2n) is 6.99. The Morgan fingerprint density at radius 3 is 2.19 bits per heavy atom. The van der Waals surface area contributed by atoms with Gasteiger partial charge in [-0.1, -0.05) is 46.3 Å². The molecule has 0 atom stereocenters. The summed E-state index contributed by atoms with van der Waals surface area (Å²) < 4.78 is 28.0. The molecule has 1 heterocycles. The molecule has 0 unspecified atom stereocenters. The summed E-state index contributed by atoms with van der Waals surface area (Å²) in [5.41, 5.74) is 6.22. The molecule has 27 heavy (non-hydrogen) atoms.